The van der Waals surface area contributed by atoms with Crippen LogP contribution in [0.2, 0.25) is 0 Å². The molecule has 1 aliphatic rings. The van der Waals surface area contributed by atoms with E-state index in [-0.39, 0.29) is 12.0 Å². The molecule has 6 heteroatoms. The van der Waals surface area contributed by atoms with E-state index in [2.05, 4.69) is 37.9 Å². The van der Waals surface area contributed by atoms with Gasteiger partial charge >= 0.3 is 5.97 Å². The highest BCUT2D eigenvalue weighted by Gasteiger charge is 2.31. The molecular weight excluding hydrogens is 364 g/mol. The Morgan fingerprint density at radius 1 is 1.32 bits per heavy atom. The van der Waals surface area contributed by atoms with Crippen molar-refractivity contribution in [3.05, 3.63) is 50.9 Å². The van der Waals surface area contributed by atoms with Gasteiger partial charge in [-0.2, -0.15) is 0 Å². The Balaban J connectivity index is 1.85. The van der Waals surface area contributed by atoms with E-state index < -0.39 is 5.97 Å². The Kier molecular flexibility index (Phi) is 4.90. The Hall–Kier alpha value is -1.24. The molecule has 1 N–H and O–H groups in total. The van der Waals surface area contributed by atoms with Crippen molar-refractivity contribution in [3.8, 4) is 0 Å². The summed E-state index contributed by atoms with van der Waals surface area (Å²) < 4.78 is 1.10. The lowest BCUT2D eigenvalue weighted by Crippen LogP contribution is -2.39. The van der Waals surface area contributed by atoms with Gasteiger partial charge in [0, 0.05) is 11.1 Å². The first-order valence-corrected chi connectivity index (χ1v) is 8.89. The van der Waals surface area contributed by atoms with Crippen molar-refractivity contribution in [3.63, 3.8) is 0 Å². The molecule has 1 aliphatic heterocycles. The largest absolute Gasteiger partial charge is 0.481 e. The number of likely N-dealkylation sites (tertiary alicyclic amines) is 1. The molecule has 22 heavy (non-hydrogen) atoms. The van der Waals surface area contributed by atoms with E-state index in [1.807, 2.05) is 24.4 Å². The van der Waals surface area contributed by atoms with Crippen LogP contribution in [0.4, 0.5) is 0 Å². The number of rotatable bonds is 4. The van der Waals surface area contributed by atoms with E-state index in [1.54, 1.807) is 11.3 Å². The molecule has 0 bridgehead atoms. The molecule has 1 fully saturated rings. The second kappa shape index (κ2) is 6.89. The van der Waals surface area contributed by atoms with Gasteiger partial charge in [-0.3, -0.25) is 14.7 Å². The zero-order chi connectivity index (χ0) is 15.5. The summed E-state index contributed by atoms with van der Waals surface area (Å²) in [5.74, 6) is -0.886. The molecule has 1 atom stereocenters. The van der Waals surface area contributed by atoms with Crippen LogP contribution in [-0.2, 0) is 4.79 Å². The van der Waals surface area contributed by atoms with Crippen molar-refractivity contribution in [1.82, 2.24) is 9.88 Å². The first kappa shape index (κ1) is 15.6. The first-order valence-electron chi connectivity index (χ1n) is 7.28. The molecule has 0 aliphatic carbocycles. The molecule has 1 unspecified atom stereocenters. The molecule has 2 aromatic heterocycles. The number of aliphatic carboxylic acids is 1. The van der Waals surface area contributed by atoms with Crippen LogP contribution >= 0.6 is 27.3 Å². The molecule has 1 saturated heterocycles. The summed E-state index contributed by atoms with van der Waals surface area (Å²) >= 11 is 5.24. The van der Waals surface area contributed by atoms with E-state index in [4.69, 9.17) is 5.11 Å². The fourth-order valence-electron chi connectivity index (χ4n) is 2.93. The lowest BCUT2D eigenvalue weighted by Gasteiger charge is -2.35. The zero-order valence-corrected chi connectivity index (χ0v) is 14.4. The molecule has 0 aromatic carbocycles. The molecule has 4 nitrogen and oxygen atoms in total. The van der Waals surface area contributed by atoms with Gasteiger partial charge in [0.15, 0.2) is 0 Å². The molecule has 3 rings (SSSR count). The number of pyridine rings is 1. The van der Waals surface area contributed by atoms with E-state index >= 15 is 0 Å². The van der Waals surface area contributed by atoms with Gasteiger partial charge in [-0.15, -0.1) is 11.3 Å². The summed E-state index contributed by atoms with van der Waals surface area (Å²) in [4.78, 5) is 19.2. The van der Waals surface area contributed by atoms with Gasteiger partial charge < -0.3 is 5.11 Å². The summed E-state index contributed by atoms with van der Waals surface area (Å²) in [6, 6.07) is 10.2. The molecule has 116 valence electrons. The summed E-state index contributed by atoms with van der Waals surface area (Å²) in [5, 5.41) is 9.17. The number of carboxylic acids is 1. The van der Waals surface area contributed by atoms with Crippen LogP contribution in [0.3, 0.4) is 0 Å². The highest BCUT2D eigenvalue weighted by atomic mass is 79.9. The molecule has 3 heterocycles. The second-order valence-electron chi connectivity index (χ2n) is 5.45. The van der Waals surface area contributed by atoms with Gasteiger partial charge in [-0.1, -0.05) is 6.07 Å². The summed E-state index contributed by atoms with van der Waals surface area (Å²) in [6.07, 6.45) is 3.21. The third-order valence-corrected chi connectivity index (χ3v) is 5.75. The number of piperidine rings is 1. The van der Waals surface area contributed by atoms with Gasteiger partial charge in [0.2, 0.25) is 0 Å². The minimum absolute atomic E-state index is 0.104. The Morgan fingerprint density at radius 2 is 2.09 bits per heavy atom. The highest BCUT2D eigenvalue weighted by Crippen LogP contribution is 2.36. The van der Waals surface area contributed by atoms with Crippen molar-refractivity contribution in [1.29, 1.82) is 0 Å². The van der Waals surface area contributed by atoms with Crippen LogP contribution in [0.5, 0.6) is 0 Å². The predicted octanol–water partition coefficient (Wildman–Crippen LogP) is 3.79. The maximum Gasteiger partial charge on any atom is 0.306 e. The lowest BCUT2D eigenvalue weighted by atomic mass is 9.95. The third-order valence-electron chi connectivity index (χ3n) is 4.08. The van der Waals surface area contributed by atoms with Crippen molar-refractivity contribution in [2.75, 3.05) is 13.1 Å². The van der Waals surface area contributed by atoms with Crippen LogP contribution in [0.15, 0.2) is 40.3 Å². The van der Waals surface area contributed by atoms with Gasteiger partial charge in [0.25, 0.3) is 0 Å². The van der Waals surface area contributed by atoms with Crippen LogP contribution in [0, 0.1) is 5.92 Å². The zero-order valence-electron chi connectivity index (χ0n) is 12.0. The fraction of sp³-hybridized carbons (Fsp3) is 0.375. The predicted molar refractivity (Wildman–Crippen MR) is 90.0 cm³/mol. The van der Waals surface area contributed by atoms with Crippen molar-refractivity contribution < 1.29 is 9.90 Å². The minimum Gasteiger partial charge on any atom is -0.481 e. The summed E-state index contributed by atoms with van der Waals surface area (Å²) in [7, 11) is 0. The summed E-state index contributed by atoms with van der Waals surface area (Å²) in [6.45, 7) is 1.57. The Labute approximate surface area is 141 Å². The van der Waals surface area contributed by atoms with Crippen LogP contribution in [-0.4, -0.2) is 34.0 Å². The topological polar surface area (TPSA) is 53.4 Å². The number of nitrogens with zero attached hydrogens (tertiary/aromatic N) is 2. The number of carboxylic acid groups (broad SMARTS) is 1. The van der Waals surface area contributed by atoms with Crippen molar-refractivity contribution >= 4 is 33.2 Å². The Bertz CT molecular complexity index is 639. The SMILES string of the molecule is O=C(O)C1CCN(C(c2ccccn2)c2ccc(Br)s2)CC1. The van der Waals surface area contributed by atoms with Gasteiger partial charge in [0.05, 0.1) is 21.4 Å². The Morgan fingerprint density at radius 3 is 2.64 bits per heavy atom. The van der Waals surface area contributed by atoms with E-state index in [1.165, 1.54) is 4.88 Å². The van der Waals surface area contributed by atoms with Gasteiger partial charge in [-0.25, -0.2) is 0 Å². The molecule has 2 aromatic rings. The number of aromatic nitrogens is 1. The molecule has 0 amide bonds. The minimum atomic E-state index is -0.673. The number of hydrogen-bond acceptors (Lipinski definition) is 4. The standard InChI is InChI=1S/C16H17BrN2O2S/c17-14-5-4-13(22-14)15(12-3-1-2-8-18-12)19-9-6-11(7-10-19)16(20)21/h1-5,8,11,15H,6-7,9-10H2,(H,20,21). The van der Waals surface area contributed by atoms with E-state index in [0.717, 1.165) is 22.6 Å². The van der Waals surface area contributed by atoms with Gasteiger partial charge in [-0.05, 0) is 66.1 Å². The smallest absolute Gasteiger partial charge is 0.306 e. The summed E-state index contributed by atoms with van der Waals surface area (Å²) in [5.41, 5.74) is 1.02. The molecule has 0 radical (unpaired) electrons. The second-order valence-corrected chi connectivity index (χ2v) is 7.94. The van der Waals surface area contributed by atoms with E-state index in [9.17, 15) is 4.79 Å². The van der Waals surface area contributed by atoms with Crippen LogP contribution in [0.1, 0.15) is 29.5 Å². The number of thiophene rings is 1. The van der Waals surface area contributed by atoms with Crippen LogP contribution < -0.4 is 0 Å². The lowest BCUT2D eigenvalue weighted by molar-refractivity contribution is -0.143. The number of hydrogen-bond donors (Lipinski definition) is 1. The number of carbonyl (C=O) groups is 1. The molecule has 0 saturated carbocycles. The van der Waals surface area contributed by atoms with E-state index in [0.29, 0.717) is 12.8 Å². The van der Waals surface area contributed by atoms with Crippen molar-refractivity contribution in [2.24, 2.45) is 5.92 Å². The molecule has 0 spiro atoms. The van der Waals surface area contributed by atoms with Crippen LogP contribution in [0.25, 0.3) is 0 Å². The first-order chi connectivity index (χ1) is 10.6. The van der Waals surface area contributed by atoms with Crippen molar-refractivity contribution in [2.45, 2.75) is 18.9 Å². The quantitative estimate of drug-likeness (QED) is 0.876. The normalized spacial score (nSPS) is 18.2. The highest BCUT2D eigenvalue weighted by molar-refractivity contribution is 9.11. The number of halogens is 1. The average molecular weight is 381 g/mol. The fourth-order valence-corrected chi connectivity index (χ4v) is 4.50. The molecular formula is C16H17BrN2O2S. The monoisotopic (exact) mass is 380 g/mol. The third kappa shape index (κ3) is 3.39. The van der Waals surface area contributed by atoms with Gasteiger partial charge in [0.1, 0.15) is 0 Å². The average Bonchev–Trinajstić information content (AvgIpc) is 2.95. The maximum atomic E-state index is 11.1. The maximum absolute atomic E-state index is 11.1.